The molecule has 0 unspecified atom stereocenters. The van der Waals surface area contributed by atoms with Crippen molar-refractivity contribution in [3.63, 3.8) is 0 Å². The number of hydrogen-bond donors (Lipinski definition) is 0. The monoisotopic (exact) mass is 259 g/mol. The molecule has 0 bridgehead atoms. The van der Waals surface area contributed by atoms with E-state index in [1.807, 2.05) is 0 Å². The van der Waals surface area contributed by atoms with Gasteiger partial charge < -0.3 is 1.43 Å². The minimum absolute atomic E-state index is 0. The third-order valence-electron chi connectivity index (χ3n) is 0. The van der Waals surface area contributed by atoms with E-state index in [-0.39, 0.29) is 60.7 Å². The van der Waals surface area contributed by atoms with Gasteiger partial charge in [-0.25, -0.2) is 0 Å². The van der Waals surface area contributed by atoms with Crippen LogP contribution in [0.2, 0.25) is 0 Å². The molecule has 0 rings (SSSR count). The van der Waals surface area contributed by atoms with Gasteiger partial charge in [0.15, 0.2) is 0 Å². The van der Waals surface area contributed by atoms with Crippen LogP contribution in [0.4, 0.5) is 0 Å². The van der Waals surface area contributed by atoms with Crippen molar-refractivity contribution in [3.8, 4) is 0 Å². The molecule has 0 aromatic heterocycles. The molecule has 0 amide bonds. The first-order valence-electron chi connectivity index (χ1n) is 0.154. The van der Waals surface area contributed by atoms with E-state index >= 15 is 0 Å². The van der Waals surface area contributed by atoms with Crippen LogP contribution < -0.4 is 18.9 Å². The molecule has 5 heteroatoms. The van der Waals surface area contributed by atoms with Crippen molar-refractivity contribution >= 4 is 23.9 Å². The van der Waals surface area contributed by atoms with Gasteiger partial charge in [-0.2, -0.15) is 0 Å². The van der Waals surface area contributed by atoms with E-state index in [9.17, 15) is 0 Å². The van der Waals surface area contributed by atoms with Crippen LogP contribution in [0.5, 0.6) is 0 Å². The first-order valence-corrected chi connectivity index (χ1v) is 0.636. The fourth-order valence-electron chi connectivity index (χ4n) is 0. The number of hydrogen-bond acceptors (Lipinski definition) is 1. The molecule has 0 aliphatic carbocycles. The van der Waals surface area contributed by atoms with Gasteiger partial charge in [0.1, 0.15) is 0 Å². The topological polar surface area (TPSA) is 17.1 Å². The van der Waals surface area contributed by atoms with Gasteiger partial charge in [-0.05, 0) is 0 Å². The van der Waals surface area contributed by atoms with Crippen molar-refractivity contribution in [2.24, 2.45) is 0 Å². The minimum atomic E-state index is 0. The van der Waals surface area contributed by atoms with Crippen LogP contribution in [-0.2, 0) is 36.3 Å². The van der Waals surface area contributed by atoms with Crippen LogP contribution in [0.25, 0.3) is 0 Å². The molecular weight excluding hydrogens is 255 g/mol. The van der Waals surface area contributed by atoms with Crippen LogP contribution in [-0.4, -0.2) is 23.9 Å². The van der Waals surface area contributed by atoms with Crippen LogP contribution in [0.3, 0.4) is 0 Å². The molecule has 31 valence electrons. The Kier molecular flexibility index (Phi) is 186. The van der Waals surface area contributed by atoms with Crippen molar-refractivity contribution in [1.82, 2.24) is 0 Å². The Bertz CT molecular complexity index is 15.5. The second-order valence-electron chi connectivity index (χ2n) is 0. The summed E-state index contributed by atoms with van der Waals surface area (Å²) in [6.07, 6.45) is 0. The Labute approximate surface area is 79.6 Å². The molecule has 0 spiro atoms. The van der Waals surface area contributed by atoms with Crippen molar-refractivity contribution in [1.29, 1.82) is 0 Å². The molecule has 0 atom stereocenters. The standard InChI is InChI=1S/Li.Mn.Ni.O.Sn.3H/q+1;;;;;;;-1. The second-order valence-corrected chi connectivity index (χ2v) is 0. The van der Waals surface area contributed by atoms with E-state index in [0.29, 0.717) is 0 Å². The quantitative estimate of drug-likeness (QED) is 0.406. The Morgan fingerprint density at radius 2 is 1.40 bits per heavy atom. The van der Waals surface area contributed by atoms with Crippen LogP contribution in [0.1, 0.15) is 1.43 Å². The van der Waals surface area contributed by atoms with Crippen molar-refractivity contribution in [2.75, 3.05) is 0 Å². The fourth-order valence-corrected chi connectivity index (χ4v) is 0. The predicted octanol–water partition coefficient (Wildman–Crippen LogP) is -3.92. The average Bonchev–Trinajstić information content (AvgIpc) is 1.00. The van der Waals surface area contributed by atoms with Gasteiger partial charge in [0.05, 0.1) is 0 Å². The SMILES string of the molecule is [H-].[Li+].[Ni].[O]=[Mn].[SnH2]. The number of rotatable bonds is 0. The molecule has 0 aromatic rings. The zero-order chi connectivity index (χ0) is 2.00. The summed E-state index contributed by atoms with van der Waals surface area (Å²) in [5.74, 6) is 0. The first kappa shape index (κ1) is 27.0. The van der Waals surface area contributed by atoms with Gasteiger partial charge in [0.2, 0.25) is 0 Å². The van der Waals surface area contributed by atoms with E-state index in [1.165, 1.54) is 0 Å². The molecular formula is H3LiMnNiOSn. The van der Waals surface area contributed by atoms with E-state index in [4.69, 9.17) is 3.83 Å². The molecule has 0 aromatic carbocycles. The van der Waals surface area contributed by atoms with Crippen molar-refractivity contribution < 1.29 is 56.6 Å². The van der Waals surface area contributed by atoms with Gasteiger partial charge >= 0.3 is 62.5 Å². The summed E-state index contributed by atoms with van der Waals surface area (Å²) in [6.45, 7) is 0. The molecule has 0 N–H and O–H groups in total. The van der Waals surface area contributed by atoms with Gasteiger partial charge in [-0.1, -0.05) is 0 Å². The van der Waals surface area contributed by atoms with Gasteiger partial charge in [-0.3, -0.25) is 0 Å². The predicted molar refractivity (Wildman–Crippen MR) is 10.3 cm³/mol. The third kappa shape index (κ3) is 22.5. The van der Waals surface area contributed by atoms with E-state index < -0.39 is 0 Å². The van der Waals surface area contributed by atoms with Crippen molar-refractivity contribution in [3.05, 3.63) is 0 Å². The first-order chi connectivity index (χ1) is 1.00. The van der Waals surface area contributed by atoms with Crippen LogP contribution in [0.15, 0.2) is 0 Å². The molecule has 1 nitrogen and oxygen atoms in total. The van der Waals surface area contributed by atoms with Gasteiger partial charge in [0, 0.05) is 16.5 Å². The van der Waals surface area contributed by atoms with Crippen molar-refractivity contribution in [2.45, 2.75) is 0 Å². The maximum atomic E-state index is 8.06. The normalized spacial score (nSPS) is 0.800. The Hall–Kier alpha value is 2.21. The summed E-state index contributed by atoms with van der Waals surface area (Å²) in [7, 11) is 0. The maximum absolute atomic E-state index is 8.06. The summed E-state index contributed by atoms with van der Waals surface area (Å²) in [5.41, 5.74) is 0. The zero-order valence-electron chi connectivity index (χ0n) is 3.81. The zero-order valence-corrected chi connectivity index (χ0v) is 9.01. The van der Waals surface area contributed by atoms with E-state index in [2.05, 4.69) is 0 Å². The molecule has 0 fully saturated rings. The van der Waals surface area contributed by atoms with Crippen LogP contribution >= 0.6 is 0 Å². The Morgan fingerprint density at radius 1 is 1.40 bits per heavy atom. The van der Waals surface area contributed by atoms with E-state index in [0.717, 1.165) is 0 Å². The Morgan fingerprint density at radius 3 is 1.40 bits per heavy atom. The third-order valence-corrected chi connectivity index (χ3v) is 0. The molecule has 0 saturated carbocycles. The molecule has 0 aliphatic rings. The molecule has 5 heavy (non-hydrogen) atoms. The fraction of sp³-hybridized carbons (Fsp3) is 0. The van der Waals surface area contributed by atoms with E-state index in [1.54, 1.807) is 15.9 Å². The summed E-state index contributed by atoms with van der Waals surface area (Å²) >= 11 is 1.69. The van der Waals surface area contributed by atoms with Crippen LogP contribution in [0, 0.1) is 0 Å². The summed E-state index contributed by atoms with van der Waals surface area (Å²) in [4.78, 5) is 0. The average molecular weight is 258 g/mol. The summed E-state index contributed by atoms with van der Waals surface area (Å²) < 4.78 is 8.06. The summed E-state index contributed by atoms with van der Waals surface area (Å²) in [5, 5.41) is 0. The molecule has 0 aliphatic heterocycles. The van der Waals surface area contributed by atoms with Gasteiger partial charge in [0.25, 0.3) is 0 Å². The second kappa shape index (κ2) is 34.5. The Balaban J connectivity index is -0.000000000833. The molecule has 2 radical (unpaired) electrons. The molecule has 0 heterocycles. The molecule has 0 saturated heterocycles. The van der Waals surface area contributed by atoms with Gasteiger partial charge in [-0.15, -0.1) is 0 Å². The summed E-state index contributed by atoms with van der Waals surface area (Å²) in [6, 6.07) is 0.